The molecule has 4 heteroatoms. The van der Waals surface area contributed by atoms with Crippen molar-refractivity contribution in [3.63, 3.8) is 0 Å². The van der Waals surface area contributed by atoms with E-state index in [0.717, 1.165) is 31.8 Å². The maximum absolute atomic E-state index is 5.82. The summed E-state index contributed by atoms with van der Waals surface area (Å²) in [5.41, 5.74) is 0. The van der Waals surface area contributed by atoms with Crippen LogP contribution >= 0.6 is 11.8 Å². The predicted molar refractivity (Wildman–Crippen MR) is 71.0 cm³/mol. The highest BCUT2D eigenvalue weighted by atomic mass is 32.2. The van der Waals surface area contributed by atoms with Crippen molar-refractivity contribution in [3.05, 3.63) is 0 Å². The highest BCUT2D eigenvalue weighted by Gasteiger charge is 2.31. The maximum Gasteiger partial charge on any atom is 0.109 e. The van der Waals surface area contributed by atoms with Crippen LogP contribution in [0.15, 0.2) is 0 Å². The van der Waals surface area contributed by atoms with Crippen LogP contribution in [0.5, 0.6) is 0 Å². The van der Waals surface area contributed by atoms with Crippen LogP contribution in [0.2, 0.25) is 0 Å². The lowest BCUT2D eigenvalue weighted by atomic mass is 9.97. The number of thioether (sulfide) groups is 1. The Morgan fingerprint density at radius 1 is 1.50 bits per heavy atom. The summed E-state index contributed by atoms with van der Waals surface area (Å²) < 4.78 is 11.3. The van der Waals surface area contributed by atoms with Gasteiger partial charge in [-0.25, -0.2) is 0 Å². The summed E-state index contributed by atoms with van der Waals surface area (Å²) in [5.74, 6) is 1.37. The molecule has 16 heavy (non-hydrogen) atoms. The van der Waals surface area contributed by atoms with Crippen molar-refractivity contribution < 1.29 is 9.47 Å². The van der Waals surface area contributed by atoms with Gasteiger partial charge in [-0.1, -0.05) is 27.2 Å². The first-order valence-corrected chi connectivity index (χ1v) is 7.28. The van der Waals surface area contributed by atoms with E-state index in [2.05, 4.69) is 20.8 Å². The monoisotopic (exact) mass is 242 g/mol. The Balaban J connectivity index is 2.18. The number of hydrogen-bond acceptors (Lipinski definition) is 3. The third kappa shape index (κ3) is 5.11. The van der Waals surface area contributed by atoms with E-state index in [9.17, 15) is 0 Å². The second-order valence-corrected chi connectivity index (χ2v) is 6.00. The molecule has 92 valence electrons. The summed E-state index contributed by atoms with van der Waals surface area (Å²) >= 11 is 1.85. The normalized spacial score (nSPS) is 30.1. The van der Waals surface area contributed by atoms with Gasteiger partial charge in [0.15, 0.2) is 0 Å². The topological polar surface area (TPSA) is 18.5 Å². The third-order valence-electron chi connectivity index (χ3n) is 2.62. The Morgan fingerprint density at radius 2 is 2.25 bits per heavy atom. The molecule has 1 unspecified atom stereocenters. The van der Waals surface area contributed by atoms with E-state index in [1.165, 1.54) is 0 Å². The summed E-state index contributed by atoms with van der Waals surface area (Å²) in [6, 6.07) is -0.0702. The third-order valence-corrected chi connectivity index (χ3v) is 3.85. The molecule has 0 bridgehead atoms. The minimum absolute atomic E-state index is 0.0702. The van der Waals surface area contributed by atoms with E-state index < -0.39 is 0 Å². The SMILES string of the molecule is [B][C@H]1CC(SCOCC(C)C)[C@@H](CCC)O1. The number of ether oxygens (including phenoxy) is 2. The minimum Gasteiger partial charge on any atom is -0.384 e. The van der Waals surface area contributed by atoms with Crippen molar-refractivity contribution in [2.45, 2.75) is 57.4 Å². The molecule has 0 N–H and O–H groups in total. The molecule has 0 aromatic heterocycles. The van der Waals surface area contributed by atoms with E-state index in [4.69, 9.17) is 17.3 Å². The highest BCUT2D eigenvalue weighted by Crippen LogP contribution is 2.32. The second kappa shape index (κ2) is 7.62. The molecule has 1 aliphatic rings. The van der Waals surface area contributed by atoms with E-state index in [-0.39, 0.29) is 6.00 Å². The summed E-state index contributed by atoms with van der Waals surface area (Å²) in [5, 5.41) is 0.516. The Hall–Kier alpha value is 0.335. The van der Waals surface area contributed by atoms with Gasteiger partial charge in [-0.15, -0.1) is 11.8 Å². The molecule has 1 heterocycles. The molecule has 0 spiro atoms. The molecular weight excluding hydrogens is 219 g/mol. The minimum atomic E-state index is -0.0702. The lowest BCUT2D eigenvalue weighted by Gasteiger charge is -2.17. The largest absolute Gasteiger partial charge is 0.384 e. The quantitative estimate of drug-likeness (QED) is 0.388. The van der Waals surface area contributed by atoms with E-state index in [1.54, 1.807) is 0 Å². The van der Waals surface area contributed by atoms with Crippen LogP contribution in [-0.2, 0) is 9.47 Å². The van der Waals surface area contributed by atoms with Gasteiger partial charge in [0, 0.05) is 17.9 Å². The van der Waals surface area contributed by atoms with E-state index in [1.807, 2.05) is 11.8 Å². The maximum atomic E-state index is 5.82. The highest BCUT2D eigenvalue weighted by molar-refractivity contribution is 7.99. The molecule has 1 fully saturated rings. The lowest BCUT2D eigenvalue weighted by molar-refractivity contribution is 0.0829. The first-order chi connectivity index (χ1) is 7.63. The summed E-state index contributed by atoms with van der Waals surface area (Å²) in [4.78, 5) is 0. The van der Waals surface area contributed by atoms with Crippen LogP contribution < -0.4 is 0 Å². The molecule has 3 atom stereocenters. The van der Waals surface area contributed by atoms with Gasteiger partial charge in [-0.3, -0.25) is 0 Å². The van der Waals surface area contributed by atoms with Crippen LogP contribution in [0.25, 0.3) is 0 Å². The van der Waals surface area contributed by atoms with E-state index in [0.29, 0.717) is 17.3 Å². The zero-order valence-corrected chi connectivity index (χ0v) is 11.5. The molecule has 0 aliphatic carbocycles. The summed E-state index contributed by atoms with van der Waals surface area (Å²) in [6.45, 7) is 7.35. The van der Waals surface area contributed by atoms with Gasteiger partial charge in [0.2, 0.25) is 0 Å². The molecule has 2 nitrogen and oxygen atoms in total. The number of hydrogen-bond donors (Lipinski definition) is 0. The molecule has 0 aromatic carbocycles. The summed E-state index contributed by atoms with van der Waals surface area (Å²) in [7, 11) is 5.82. The van der Waals surface area contributed by atoms with E-state index >= 15 is 0 Å². The summed E-state index contributed by atoms with van der Waals surface area (Å²) in [6.07, 6.45) is 3.55. The number of rotatable bonds is 7. The molecule has 0 aromatic rings. The van der Waals surface area contributed by atoms with Crippen molar-refractivity contribution in [2.75, 3.05) is 12.5 Å². The van der Waals surface area contributed by atoms with Crippen molar-refractivity contribution in [1.82, 2.24) is 0 Å². The van der Waals surface area contributed by atoms with Crippen molar-refractivity contribution >= 4 is 19.6 Å². The van der Waals surface area contributed by atoms with Gasteiger partial charge in [-0.05, 0) is 18.8 Å². The molecule has 0 saturated carbocycles. The molecular formula is C12H23BO2S. The van der Waals surface area contributed by atoms with Crippen molar-refractivity contribution in [3.8, 4) is 0 Å². The van der Waals surface area contributed by atoms with Crippen LogP contribution in [0, 0.1) is 5.92 Å². The Labute approximate surface area is 105 Å². The Kier molecular flexibility index (Phi) is 6.86. The van der Waals surface area contributed by atoms with Gasteiger partial charge < -0.3 is 9.47 Å². The smallest absolute Gasteiger partial charge is 0.109 e. The second-order valence-electron chi connectivity index (χ2n) is 4.82. The average molecular weight is 242 g/mol. The zero-order valence-electron chi connectivity index (χ0n) is 10.6. The fourth-order valence-corrected chi connectivity index (χ4v) is 2.99. The van der Waals surface area contributed by atoms with Crippen LogP contribution in [0.1, 0.15) is 40.0 Å². The van der Waals surface area contributed by atoms with Crippen LogP contribution in [0.3, 0.4) is 0 Å². The van der Waals surface area contributed by atoms with Gasteiger partial charge in [0.1, 0.15) is 7.85 Å². The zero-order chi connectivity index (χ0) is 12.0. The van der Waals surface area contributed by atoms with Crippen molar-refractivity contribution in [2.24, 2.45) is 5.92 Å². The fraction of sp³-hybridized carbons (Fsp3) is 1.00. The Morgan fingerprint density at radius 3 is 2.88 bits per heavy atom. The van der Waals surface area contributed by atoms with Crippen LogP contribution in [0.4, 0.5) is 0 Å². The molecule has 1 rings (SSSR count). The molecule has 0 amide bonds. The first kappa shape index (κ1) is 14.4. The Bertz CT molecular complexity index is 190. The van der Waals surface area contributed by atoms with Gasteiger partial charge in [0.05, 0.1) is 12.0 Å². The molecule has 1 aliphatic heterocycles. The average Bonchev–Trinajstić information content (AvgIpc) is 2.54. The van der Waals surface area contributed by atoms with Crippen LogP contribution in [-0.4, -0.2) is 37.7 Å². The van der Waals surface area contributed by atoms with Crippen molar-refractivity contribution in [1.29, 1.82) is 0 Å². The van der Waals surface area contributed by atoms with Gasteiger partial charge >= 0.3 is 0 Å². The van der Waals surface area contributed by atoms with Gasteiger partial charge in [-0.2, -0.15) is 0 Å². The first-order valence-electron chi connectivity index (χ1n) is 6.23. The fourth-order valence-electron chi connectivity index (χ4n) is 1.88. The predicted octanol–water partition coefficient (Wildman–Crippen LogP) is 2.80. The molecule has 1 saturated heterocycles. The van der Waals surface area contributed by atoms with Gasteiger partial charge in [0.25, 0.3) is 0 Å². The molecule has 2 radical (unpaired) electrons. The standard InChI is InChI=1S/C12H23BO2S/c1-4-5-10-11(6-12(13)15-10)16-8-14-7-9(2)3/h9-12H,4-8H2,1-3H3/t10-,11?,12-/m1/s1. The lowest BCUT2D eigenvalue weighted by Crippen LogP contribution is -2.19.